The molecule has 0 saturated carbocycles. The minimum absolute atomic E-state index is 0.251. The summed E-state index contributed by atoms with van der Waals surface area (Å²) in [5, 5.41) is 0.627. The molecule has 4 heteroatoms. The standard InChI is InChI=1S/C7H15NO2S/c1-7(2,3)11(8-10-11)6-4-9-5-6/h6,8H,4-5H2,1-3H3. The highest BCUT2D eigenvalue weighted by Crippen LogP contribution is 2.70. The summed E-state index contributed by atoms with van der Waals surface area (Å²) in [5.74, 6) is 0. The highest BCUT2D eigenvalue weighted by molar-refractivity contribution is 8.33. The molecule has 2 rings (SSSR count). The van der Waals surface area contributed by atoms with E-state index in [1.54, 1.807) is 0 Å². The van der Waals surface area contributed by atoms with Crippen LogP contribution in [0.2, 0.25) is 0 Å². The third kappa shape index (κ3) is 1.01. The van der Waals surface area contributed by atoms with Crippen molar-refractivity contribution in [1.29, 1.82) is 0 Å². The summed E-state index contributed by atoms with van der Waals surface area (Å²) in [6, 6.07) is 0. The lowest BCUT2D eigenvalue weighted by Gasteiger charge is -2.40. The highest BCUT2D eigenvalue weighted by Gasteiger charge is 2.57. The van der Waals surface area contributed by atoms with Gasteiger partial charge in [-0.05, 0) is 31.3 Å². The predicted molar refractivity (Wildman–Crippen MR) is 46.2 cm³/mol. The first kappa shape index (κ1) is 7.86. The van der Waals surface area contributed by atoms with Gasteiger partial charge in [-0.15, -0.1) is 4.89 Å². The van der Waals surface area contributed by atoms with Crippen molar-refractivity contribution >= 4 is 10.5 Å². The number of ether oxygens (including phenoxy) is 1. The van der Waals surface area contributed by atoms with E-state index in [1.165, 1.54) is 0 Å². The van der Waals surface area contributed by atoms with Crippen molar-refractivity contribution in [1.82, 2.24) is 4.89 Å². The smallest absolute Gasteiger partial charge is 0.0739 e. The van der Waals surface area contributed by atoms with Crippen LogP contribution in [-0.4, -0.2) is 23.2 Å². The van der Waals surface area contributed by atoms with Crippen LogP contribution in [0.3, 0.4) is 0 Å². The van der Waals surface area contributed by atoms with Crippen molar-refractivity contribution < 1.29 is 9.02 Å². The molecule has 0 amide bonds. The van der Waals surface area contributed by atoms with Crippen LogP contribution in [0, 0.1) is 0 Å². The first-order valence-electron chi connectivity index (χ1n) is 3.91. The molecule has 2 saturated heterocycles. The van der Waals surface area contributed by atoms with E-state index in [2.05, 4.69) is 25.7 Å². The van der Waals surface area contributed by atoms with Crippen LogP contribution in [0.1, 0.15) is 20.8 Å². The minimum atomic E-state index is -0.965. The maximum atomic E-state index is 5.42. The Hall–Kier alpha value is 0.230. The Morgan fingerprint density at radius 3 is 2.00 bits per heavy atom. The van der Waals surface area contributed by atoms with Gasteiger partial charge in [-0.1, -0.05) is 0 Å². The Balaban J connectivity index is 2.09. The molecule has 0 radical (unpaired) electrons. The van der Waals surface area contributed by atoms with Gasteiger partial charge in [-0.2, -0.15) is 0 Å². The van der Waals surface area contributed by atoms with E-state index in [-0.39, 0.29) is 4.75 Å². The quantitative estimate of drug-likeness (QED) is 0.615. The molecule has 2 aliphatic rings. The summed E-state index contributed by atoms with van der Waals surface area (Å²) in [4.78, 5) is 3.09. The predicted octanol–water partition coefficient (Wildman–Crippen LogP) is 1.35. The molecule has 11 heavy (non-hydrogen) atoms. The first-order chi connectivity index (χ1) is 5.06. The van der Waals surface area contributed by atoms with Crippen LogP contribution in [0.4, 0.5) is 0 Å². The fourth-order valence-corrected chi connectivity index (χ4v) is 3.97. The molecule has 3 nitrogen and oxygen atoms in total. The normalized spacial score (nSPS) is 44.3. The molecule has 0 aliphatic carbocycles. The third-order valence-electron chi connectivity index (χ3n) is 2.25. The maximum Gasteiger partial charge on any atom is 0.0739 e. The molecular weight excluding hydrogens is 162 g/mol. The number of nitrogens with one attached hydrogen (secondary N) is 1. The van der Waals surface area contributed by atoms with Crippen LogP contribution >= 0.6 is 10.5 Å². The third-order valence-corrected chi connectivity index (χ3v) is 5.81. The Labute approximate surface area is 69.1 Å². The van der Waals surface area contributed by atoms with Gasteiger partial charge in [0.15, 0.2) is 0 Å². The van der Waals surface area contributed by atoms with Gasteiger partial charge in [-0.3, -0.25) is 0 Å². The first-order valence-corrected chi connectivity index (χ1v) is 5.53. The molecular formula is C7H15NO2S. The number of rotatable bonds is 1. The molecule has 0 bridgehead atoms. The molecule has 2 heterocycles. The van der Waals surface area contributed by atoms with Crippen LogP contribution in [0.15, 0.2) is 0 Å². The van der Waals surface area contributed by atoms with E-state index in [0.717, 1.165) is 13.2 Å². The zero-order chi connectivity index (χ0) is 8.11. The largest absolute Gasteiger partial charge is 0.379 e. The van der Waals surface area contributed by atoms with E-state index in [1.807, 2.05) is 0 Å². The Morgan fingerprint density at radius 2 is 1.91 bits per heavy atom. The van der Waals surface area contributed by atoms with E-state index in [4.69, 9.17) is 9.02 Å². The Bertz CT molecular complexity index is 170. The van der Waals surface area contributed by atoms with Gasteiger partial charge in [0.25, 0.3) is 0 Å². The van der Waals surface area contributed by atoms with Gasteiger partial charge in [0.2, 0.25) is 0 Å². The van der Waals surface area contributed by atoms with Crippen molar-refractivity contribution in [3.8, 4) is 0 Å². The maximum absolute atomic E-state index is 5.42. The molecule has 0 aromatic carbocycles. The van der Waals surface area contributed by atoms with E-state index in [9.17, 15) is 0 Å². The van der Waals surface area contributed by atoms with Crippen molar-refractivity contribution in [2.24, 2.45) is 0 Å². The Morgan fingerprint density at radius 1 is 1.36 bits per heavy atom. The second kappa shape index (κ2) is 2.13. The molecule has 1 N–H and O–H groups in total. The minimum Gasteiger partial charge on any atom is -0.379 e. The van der Waals surface area contributed by atoms with Gasteiger partial charge < -0.3 is 4.74 Å². The van der Waals surface area contributed by atoms with E-state index >= 15 is 0 Å². The number of hydrogen-bond donors (Lipinski definition) is 1. The van der Waals surface area contributed by atoms with Crippen LogP contribution in [0.5, 0.6) is 0 Å². The fourth-order valence-electron chi connectivity index (χ4n) is 1.33. The van der Waals surface area contributed by atoms with E-state index in [0.29, 0.717) is 5.25 Å². The average Bonchev–Trinajstić information content (AvgIpc) is 2.37. The van der Waals surface area contributed by atoms with Crippen LogP contribution in [-0.2, 0) is 9.02 Å². The summed E-state index contributed by atoms with van der Waals surface area (Å²) in [6.45, 7) is 8.42. The van der Waals surface area contributed by atoms with Gasteiger partial charge in [0, 0.05) is 4.75 Å². The number of hydrogen-bond acceptors (Lipinski definition) is 3. The zero-order valence-electron chi connectivity index (χ0n) is 7.22. The summed E-state index contributed by atoms with van der Waals surface area (Å²) < 4.78 is 10.8. The SMILES string of the molecule is CC(C)(C)S1(C2COC2)NO1. The van der Waals surface area contributed by atoms with Crippen molar-refractivity contribution in [3.05, 3.63) is 0 Å². The van der Waals surface area contributed by atoms with Crippen molar-refractivity contribution in [2.75, 3.05) is 13.2 Å². The van der Waals surface area contributed by atoms with Gasteiger partial charge >= 0.3 is 0 Å². The van der Waals surface area contributed by atoms with Crippen molar-refractivity contribution in [3.63, 3.8) is 0 Å². The summed E-state index contributed by atoms with van der Waals surface area (Å²) in [7, 11) is -0.965. The van der Waals surface area contributed by atoms with Gasteiger partial charge in [0.1, 0.15) is 0 Å². The summed E-state index contributed by atoms with van der Waals surface area (Å²) >= 11 is 0. The topological polar surface area (TPSA) is 43.7 Å². The average molecular weight is 177 g/mol. The molecule has 0 spiro atoms. The molecule has 0 aromatic heterocycles. The molecule has 1 unspecified atom stereocenters. The molecule has 66 valence electrons. The highest BCUT2D eigenvalue weighted by atomic mass is 32.3. The Kier molecular flexibility index (Phi) is 1.52. The van der Waals surface area contributed by atoms with E-state index < -0.39 is 10.5 Å². The van der Waals surface area contributed by atoms with Crippen molar-refractivity contribution in [2.45, 2.75) is 30.8 Å². The van der Waals surface area contributed by atoms with Crippen LogP contribution in [0.25, 0.3) is 0 Å². The second-order valence-corrected chi connectivity index (χ2v) is 7.47. The lowest BCUT2D eigenvalue weighted by molar-refractivity contribution is 0.0427. The molecule has 1 atom stereocenters. The zero-order valence-corrected chi connectivity index (χ0v) is 8.03. The fraction of sp³-hybridized carbons (Fsp3) is 1.00. The molecule has 2 fully saturated rings. The van der Waals surface area contributed by atoms with Gasteiger partial charge in [-0.25, -0.2) is 4.28 Å². The van der Waals surface area contributed by atoms with Crippen LogP contribution < -0.4 is 4.89 Å². The lowest BCUT2D eigenvalue weighted by Crippen LogP contribution is -2.41. The monoisotopic (exact) mass is 177 g/mol. The summed E-state index contributed by atoms with van der Waals surface area (Å²) in [6.07, 6.45) is 0. The summed E-state index contributed by atoms with van der Waals surface area (Å²) in [5.41, 5.74) is 0. The second-order valence-electron chi connectivity index (χ2n) is 4.04. The molecule has 0 aromatic rings. The molecule has 2 aliphatic heterocycles. The van der Waals surface area contributed by atoms with Gasteiger partial charge in [0.05, 0.1) is 18.5 Å². The lowest BCUT2D eigenvalue weighted by atomic mass is 10.3.